The van der Waals surface area contributed by atoms with Crippen LogP contribution < -0.4 is 0 Å². The first-order valence-electron chi connectivity index (χ1n) is 8.53. The van der Waals surface area contributed by atoms with Crippen molar-refractivity contribution in [2.24, 2.45) is 0 Å². The third-order valence-electron chi connectivity index (χ3n) is 4.33. The number of nitrogens with zero attached hydrogens (tertiary/aromatic N) is 1. The number of carbonyl (C=O) groups is 2. The Bertz CT molecular complexity index is 857. The van der Waals surface area contributed by atoms with Crippen LogP contribution in [0.4, 0.5) is 4.39 Å². The SMILES string of the molecule is CSc1ccc(Cl)c(C(=O)OCC(=O)N(Cc2ccccc2F)C2CC2)c1. The highest BCUT2D eigenvalue weighted by Gasteiger charge is 2.33. The molecule has 1 aliphatic rings. The average molecular weight is 408 g/mol. The summed E-state index contributed by atoms with van der Waals surface area (Å²) in [5.41, 5.74) is 0.670. The van der Waals surface area contributed by atoms with E-state index < -0.39 is 12.6 Å². The van der Waals surface area contributed by atoms with Gasteiger partial charge >= 0.3 is 5.97 Å². The molecular formula is C20H19ClFNO3S. The minimum absolute atomic E-state index is 0.0687. The number of benzene rings is 2. The summed E-state index contributed by atoms with van der Waals surface area (Å²) in [6.45, 7) is -0.236. The average Bonchev–Trinajstić information content (AvgIpc) is 3.50. The van der Waals surface area contributed by atoms with Gasteiger partial charge in [-0.1, -0.05) is 29.8 Å². The molecule has 7 heteroatoms. The van der Waals surface area contributed by atoms with Crippen LogP contribution in [0.25, 0.3) is 0 Å². The van der Waals surface area contributed by atoms with Gasteiger partial charge in [-0.05, 0) is 43.4 Å². The van der Waals surface area contributed by atoms with Gasteiger partial charge in [-0.15, -0.1) is 11.8 Å². The molecule has 3 rings (SSSR count). The lowest BCUT2D eigenvalue weighted by Crippen LogP contribution is -2.36. The molecule has 0 unspecified atom stereocenters. The van der Waals surface area contributed by atoms with E-state index in [0.717, 1.165) is 17.7 Å². The van der Waals surface area contributed by atoms with Crippen molar-refractivity contribution in [2.75, 3.05) is 12.9 Å². The zero-order valence-corrected chi connectivity index (χ0v) is 16.4. The first kappa shape index (κ1) is 19.7. The molecule has 1 aliphatic carbocycles. The van der Waals surface area contributed by atoms with E-state index >= 15 is 0 Å². The summed E-state index contributed by atoms with van der Waals surface area (Å²) in [6, 6.07) is 11.5. The zero-order chi connectivity index (χ0) is 19.4. The Hall–Kier alpha value is -2.05. The maximum Gasteiger partial charge on any atom is 0.340 e. The van der Waals surface area contributed by atoms with Gasteiger partial charge in [0.2, 0.25) is 0 Å². The molecule has 0 heterocycles. The molecule has 0 radical (unpaired) electrons. The van der Waals surface area contributed by atoms with Crippen LogP contribution in [0.1, 0.15) is 28.8 Å². The monoisotopic (exact) mass is 407 g/mol. The lowest BCUT2D eigenvalue weighted by atomic mass is 10.2. The molecule has 0 aromatic heterocycles. The molecule has 27 heavy (non-hydrogen) atoms. The fourth-order valence-electron chi connectivity index (χ4n) is 2.69. The molecular weight excluding hydrogens is 389 g/mol. The molecule has 0 atom stereocenters. The molecule has 1 fully saturated rings. The Balaban J connectivity index is 1.65. The fourth-order valence-corrected chi connectivity index (χ4v) is 3.33. The number of thioether (sulfide) groups is 1. The van der Waals surface area contributed by atoms with Gasteiger partial charge in [0.05, 0.1) is 10.6 Å². The standard InChI is InChI=1S/C20H19ClFNO3S/c1-27-15-8-9-17(21)16(10-15)20(25)26-12-19(24)23(14-6-7-14)11-13-4-2-3-5-18(13)22/h2-5,8-10,14H,6-7,11-12H2,1H3. The first-order chi connectivity index (χ1) is 13.0. The molecule has 142 valence electrons. The van der Waals surface area contributed by atoms with Gasteiger partial charge < -0.3 is 9.64 Å². The van der Waals surface area contributed by atoms with Crippen LogP contribution in [0.15, 0.2) is 47.4 Å². The quantitative estimate of drug-likeness (QED) is 0.499. The molecule has 0 saturated heterocycles. The van der Waals surface area contributed by atoms with Gasteiger partial charge in [0.25, 0.3) is 5.91 Å². The van der Waals surface area contributed by atoms with Gasteiger partial charge in [0.1, 0.15) is 5.82 Å². The highest BCUT2D eigenvalue weighted by molar-refractivity contribution is 7.98. The van der Waals surface area contributed by atoms with E-state index in [4.69, 9.17) is 16.3 Å². The van der Waals surface area contributed by atoms with Crippen molar-refractivity contribution >= 4 is 35.2 Å². The smallest absolute Gasteiger partial charge is 0.340 e. The van der Waals surface area contributed by atoms with Crippen LogP contribution >= 0.6 is 23.4 Å². The molecule has 0 spiro atoms. The predicted octanol–water partition coefficient (Wildman–Crippen LogP) is 4.55. The first-order valence-corrected chi connectivity index (χ1v) is 10.1. The summed E-state index contributed by atoms with van der Waals surface area (Å²) in [7, 11) is 0. The number of ether oxygens (including phenoxy) is 1. The Morgan fingerprint density at radius 3 is 2.67 bits per heavy atom. The lowest BCUT2D eigenvalue weighted by Gasteiger charge is -2.22. The van der Waals surface area contributed by atoms with Crippen LogP contribution in [-0.2, 0) is 16.1 Å². The Labute approximate surface area is 166 Å². The third-order valence-corrected chi connectivity index (χ3v) is 5.38. The number of esters is 1. The van der Waals surface area contributed by atoms with Gasteiger partial charge in [-0.2, -0.15) is 0 Å². The van der Waals surface area contributed by atoms with Crippen LogP contribution in [0.3, 0.4) is 0 Å². The molecule has 0 N–H and O–H groups in total. The van der Waals surface area contributed by atoms with Crippen molar-refractivity contribution in [3.8, 4) is 0 Å². The molecule has 0 bridgehead atoms. The van der Waals surface area contributed by atoms with Crippen molar-refractivity contribution in [3.05, 3.63) is 64.4 Å². The van der Waals surface area contributed by atoms with Crippen LogP contribution in [0.2, 0.25) is 5.02 Å². The maximum absolute atomic E-state index is 13.9. The van der Waals surface area contributed by atoms with Crippen molar-refractivity contribution in [1.29, 1.82) is 0 Å². The number of halogens is 2. The second-order valence-corrected chi connectivity index (χ2v) is 7.55. The zero-order valence-electron chi connectivity index (χ0n) is 14.8. The van der Waals surface area contributed by atoms with Gasteiger partial charge in [0.15, 0.2) is 6.61 Å². The van der Waals surface area contributed by atoms with Crippen LogP contribution in [0.5, 0.6) is 0 Å². The number of hydrogen-bond donors (Lipinski definition) is 0. The van der Waals surface area contributed by atoms with E-state index in [0.29, 0.717) is 5.56 Å². The van der Waals surface area contributed by atoms with Crippen LogP contribution in [-0.4, -0.2) is 35.7 Å². The highest BCUT2D eigenvalue weighted by atomic mass is 35.5. The van der Waals surface area contributed by atoms with Crippen molar-refractivity contribution in [1.82, 2.24) is 4.90 Å². The van der Waals surface area contributed by atoms with E-state index in [1.165, 1.54) is 17.8 Å². The Kier molecular flexibility index (Phi) is 6.39. The van der Waals surface area contributed by atoms with Gasteiger partial charge in [-0.3, -0.25) is 4.79 Å². The molecule has 2 aromatic rings. The summed E-state index contributed by atoms with van der Waals surface area (Å²) in [4.78, 5) is 27.3. The Morgan fingerprint density at radius 1 is 1.26 bits per heavy atom. The minimum Gasteiger partial charge on any atom is -0.452 e. The number of hydrogen-bond acceptors (Lipinski definition) is 4. The van der Waals surface area contributed by atoms with E-state index in [-0.39, 0.29) is 34.9 Å². The van der Waals surface area contributed by atoms with Crippen molar-refractivity contribution in [2.45, 2.75) is 30.3 Å². The fraction of sp³-hybridized carbons (Fsp3) is 0.300. The summed E-state index contributed by atoms with van der Waals surface area (Å²) in [5, 5.41) is 0.274. The maximum atomic E-state index is 13.9. The van der Waals surface area contributed by atoms with E-state index in [9.17, 15) is 14.0 Å². The number of rotatable bonds is 7. The second-order valence-electron chi connectivity index (χ2n) is 6.27. The number of amides is 1. The molecule has 4 nitrogen and oxygen atoms in total. The predicted molar refractivity (Wildman–Crippen MR) is 103 cm³/mol. The largest absolute Gasteiger partial charge is 0.452 e. The van der Waals surface area contributed by atoms with Crippen molar-refractivity contribution < 1.29 is 18.7 Å². The van der Waals surface area contributed by atoms with Gasteiger partial charge in [0, 0.05) is 23.0 Å². The topological polar surface area (TPSA) is 46.6 Å². The summed E-state index contributed by atoms with van der Waals surface area (Å²) < 4.78 is 19.1. The molecule has 1 amide bonds. The second kappa shape index (κ2) is 8.76. The summed E-state index contributed by atoms with van der Waals surface area (Å²) >= 11 is 7.54. The molecule has 0 aliphatic heterocycles. The van der Waals surface area contributed by atoms with Crippen molar-refractivity contribution in [3.63, 3.8) is 0 Å². The number of carbonyl (C=O) groups excluding carboxylic acids is 2. The lowest BCUT2D eigenvalue weighted by molar-refractivity contribution is -0.135. The minimum atomic E-state index is -0.647. The highest BCUT2D eigenvalue weighted by Crippen LogP contribution is 2.29. The summed E-state index contributed by atoms with van der Waals surface area (Å²) in [6.07, 6.45) is 3.63. The molecule has 1 saturated carbocycles. The van der Waals surface area contributed by atoms with E-state index in [1.807, 2.05) is 6.26 Å². The van der Waals surface area contributed by atoms with E-state index in [2.05, 4.69) is 0 Å². The van der Waals surface area contributed by atoms with Crippen LogP contribution in [0, 0.1) is 5.82 Å². The Morgan fingerprint density at radius 2 is 2.00 bits per heavy atom. The van der Waals surface area contributed by atoms with E-state index in [1.54, 1.807) is 41.3 Å². The molecule has 2 aromatic carbocycles. The van der Waals surface area contributed by atoms with Gasteiger partial charge in [-0.25, -0.2) is 9.18 Å². The third kappa shape index (κ3) is 5.02. The normalized spacial score (nSPS) is 13.3. The summed E-state index contributed by atoms with van der Waals surface area (Å²) in [5.74, 6) is -1.34.